The van der Waals surface area contributed by atoms with Crippen molar-refractivity contribution < 1.29 is 14.3 Å². The summed E-state index contributed by atoms with van der Waals surface area (Å²) in [6.45, 7) is 1.78. The Labute approximate surface area is 127 Å². The largest absolute Gasteiger partial charge is 0.508 e. The first-order valence-corrected chi connectivity index (χ1v) is 7.06. The van der Waals surface area contributed by atoms with Gasteiger partial charge in [-0.05, 0) is 36.2 Å². The highest BCUT2D eigenvalue weighted by atomic mass is 16.3. The summed E-state index contributed by atoms with van der Waals surface area (Å²) >= 11 is 0. The molecule has 2 N–H and O–H groups in total. The lowest BCUT2D eigenvalue weighted by atomic mass is 10.1. The molecule has 0 radical (unpaired) electrons. The van der Waals surface area contributed by atoms with Gasteiger partial charge in [0.2, 0.25) is 5.91 Å². The number of anilines is 1. The molecular weight excluding hydrogens is 280 g/mol. The number of para-hydroxylation sites is 1. The van der Waals surface area contributed by atoms with Crippen LogP contribution in [0.25, 0.3) is 11.1 Å². The zero-order valence-corrected chi connectivity index (χ0v) is 12.2. The van der Waals surface area contributed by atoms with E-state index in [1.54, 1.807) is 37.3 Å². The molecule has 0 spiro atoms. The van der Waals surface area contributed by atoms with Gasteiger partial charge in [0, 0.05) is 19.0 Å². The number of rotatable bonds is 4. The van der Waals surface area contributed by atoms with E-state index >= 15 is 0 Å². The minimum atomic E-state index is -0.109. The van der Waals surface area contributed by atoms with Crippen molar-refractivity contribution >= 4 is 22.7 Å². The van der Waals surface area contributed by atoms with Crippen LogP contribution in [0.3, 0.4) is 0 Å². The highest BCUT2D eigenvalue weighted by molar-refractivity contribution is 5.92. The summed E-state index contributed by atoms with van der Waals surface area (Å²) in [7, 11) is 0. The van der Waals surface area contributed by atoms with Crippen LogP contribution in [-0.4, -0.2) is 16.0 Å². The Morgan fingerprint density at radius 1 is 1.27 bits per heavy atom. The first-order chi connectivity index (χ1) is 10.6. The normalized spacial score (nSPS) is 10.8. The van der Waals surface area contributed by atoms with Crippen LogP contribution < -0.4 is 5.32 Å². The number of amides is 1. The molecule has 0 atom stereocenters. The van der Waals surface area contributed by atoms with Gasteiger partial charge in [-0.1, -0.05) is 18.2 Å². The number of aromatic nitrogens is 1. The summed E-state index contributed by atoms with van der Waals surface area (Å²) in [5, 5.41) is 12.5. The van der Waals surface area contributed by atoms with Crippen molar-refractivity contribution in [2.75, 3.05) is 5.32 Å². The molecule has 5 nitrogen and oxygen atoms in total. The Morgan fingerprint density at radius 2 is 2.09 bits per heavy atom. The summed E-state index contributed by atoms with van der Waals surface area (Å²) in [5.74, 6) is 0.704. The molecule has 22 heavy (non-hydrogen) atoms. The van der Waals surface area contributed by atoms with Gasteiger partial charge in [-0.2, -0.15) is 0 Å². The standard InChI is InChI=1S/C17H16N2O3/c1-11-18-14-10-13(7-8-16(14)22-11)19-17(21)9-6-12-4-2-3-5-15(12)20/h2-5,7-8,10,20H,6,9H2,1H3,(H,19,21). The first kappa shape index (κ1) is 14.1. The summed E-state index contributed by atoms with van der Waals surface area (Å²) in [6, 6.07) is 12.4. The molecule has 1 amide bonds. The maximum Gasteiger partial charge on any atom is 0.224 e. The van der Waals surface area contributed by atoms with Crippen LogP contribution in [0.5, 0.6) is 5.75 Å². The minimum Gasteiger partial charge on any atom is -0.508 e. The van der Waals surface area contributed by atoms with Crippen molar-refractivity contribution in [3.05, 3.63) is 53.9 Å². The molecule has 0 aliphatic heterocycles. The van der Waals surface area contributed by atoms with Crippen molar-refractivity contribution in [1.82, 2.24) is 4.98 Å². The number of nitrogens with zero attached hydrogens (tertiary/aromatic N) is 1. The summed E-state index contributed by atoms with van der Waals surface area (Å²) < 4.78 is 5.39. The molecule has 1 aromatic heterocycles. The van der Waals surface area contributed by atoms with Gasteiger partial charge in [0.05, 0.1) is 0 Å². The fourth-order valence-electron chi connectivity index (χ4n) is 2.31. The number of carbonyl (C=O) groups is 1. The lowest BCUT2D eigenvalue weighted by Gasteiger charge is -2.06. The van der Waals surface area contributed by atoms with Gasteiger partial charge < -0.3 is 14.8 Å². The van der Waals surface area contributed by atoms with Gasteiger partial charge in [-0.3, -0.25) is 4.79 Å². The Morgan fingerprint density at radius 3 is 2.91 bits per heavy atom. The maximum absolute atomic E-state index is 12.0. The summed E-state index contributed by atoms with van der Waals surface area (Å²) in [5.41, 5.74) is 2.86. The molecule has 0 unspecified atom stereocenters. The number of phenols is 1. The highest BCUT2D eigenvalue weighted by Gasteiger charge is 2.08. The average Bonchev–Trinajstić information content (AvgIpc) is 2.86. The SMILES string of the molecule is Cc1nc2cc(NC(=O)CCc3ccccc3O)ccc2o1. The topological polar surface area (TPSA) is 75.4 Å². The molecule has 0 aliphatic carbocycles. The van der Waals surface area contributed by atoms with E-state index in [2.05, 4.69) is 10.3 Å². The molecular formula is C17H16N2O3. The number of aromatic hydroxyl groups is 1. The second kappa shape index (κ2) is 5.89. The fraction of sp³-hybridized carbons (Fsp3) is 0.176. The average molecular weight is 296 g/mol. The molecule has 0 saturated carbocycles. The molecule has 3 aromatic rings. The van der Waals surface area contributed by atoms with Gasteiger partial charge in [-0.15, -0.1) is 0 Å². The number of benzene rings is 2. The number of phenolic OH excluding ortho intramolecular Hbond substituents is 1. The van der Waals surface area contributed by atoms with Gasteiger partial charge in [0.25, 0.3) is 0 Å². The van der Waals surface area contributed by atoms with Crippen molar-refractivity contribution in [2.24, 2.45) is 0 Å². The van der Waals surface area contributed by atoms with Crippen molar-refractivity contribution in [3.63, 3.8) is 0 Å². The zero-order chi connectivity index (χ0) is 15.5. The molecule has 0 bridgehead atoms. The quantitative estimate of drug-likeness (QED) is 0.773. The predicted octanol–water partition coefficient (Wildman–Crippen LogP) is 3.41. The predicted molar refractivity (Wildman–Crippen MR) is 83.8 cm³/mol. The van der Waals surface area contributed by atoms with Gasteiger partial charge in [0.15, 0.2) is 11.5 Å². The minimum absolute atomic E-state index is 0.109. The van der Waals surface area contributed by atoms with Crippen LogP contribution in [-0.2, 0) is 11.2 Å². The van der Waals surface area contributed by atoms with Crippen LogP contribution in [0.15, 0.2) is 46.9 Å². The Hall–Kier alpha value is -2.82. The van der Waals surface area contributed by atoms with Crippen LogP contribution in [0.4, 0.5) is 5.69 Å². The number of aryl methyl sites for hydroxylation is 2. The molecule has 3 rings (SSSR count). The number of hydrogen-bond acceptors (Lipinski definition) is 4. The van der Waals surface area contributed by atoms with Crippen LogP contribution in [0, 0.1) is 6.92 Å². The summed E-state index contributed by atoms with van der Waals surface area (Å²) in [4.78, 5) is 16.2. The molecule has 1 heterocycles. The third-order valence-corrected chi connectivity index (χ3v) is 3.39. The van der Waals surface area contributed by atoms with Gasteiger partial charge in [0.1, 0.15) is 11.3 Å². The molecule has 0 aliphatic rings. The molecule has 0 fully saturated rings. The van der Waals surface area contributed by atoms with Crippen LogP contribution in [0.2, 0.25) is 0 Å². The first-order valence-electron chi connectivity index (χ1n) is 7.06. The van der Waals surface area contributed by atoms with Crippen molar-refractivity contribution in [2.45, 2.75) is 19.8 Å². The van der Waals surface area contributed by atoms with Crippen LogP contribution in [0.1, 0.15) is 17.9 Å². The van der Waals surface area contributed by atoms with E-state index in [4.69, 9.17) is 4.42 Å². The number of fused-ring (bicyclic) bond motifs is 1. The van der Waals surface area contributed by atoms with Gasteiger partial charge in [-0.25, -0.2) is 4.98 Å². The van der Waals surface area contributed by atoms with Crippen LogP contribution >= 0.6 is 0 Å². The Balaban J connectivity index is 1.64. The van der Waals surface area contributed by atoms with Gasteiger partial charge >= 0.3 is 0 Å². The van der Waals surface area contributed by atoms with E-state index in [1.165, 1.54) is 0 Å². The van der Waals surface area contributed by atoms with Crippen molar-refractivity contribution in [3.8, 4) is 5.75 Å². The Bertz CT molecular complexity index is 824. The number of oxazole rings is 1. The third kappa shape index (κ3) is 3.09. The van der Waals surface area contributed by atoms with E-state index in [1.807, 2.05) is 12.1 Å². The second-order valence-electron chi connectivity index (χ2n) is 5.09. The number of carbonyl (C=O) groups excluding carboxylic acids is 1. The highest BCUT2D eigenvalue weighted by Crippen LogP contribution is 2.21. The monoisotopic (exact) mass is 296 g/mol. The van der Waals surface area contributed by atoms with E-state index in [-0.39, 0.29) is 11.7 Å². The molecule has 2 aromatic carbocycles. The molecule has 112 valence electrons. The third-order valence-electron chi connectivity index (χ3n) is 3.39. The van der Waals surface area contributed by atoms with Crippen molar-refractivity contribution in [1.29, 1.82) is 0 Å². The lowest BCUT2D eigenvalue weighted by Crippen LogP contribution is -2.12. The number of nitrogens with one attached hydrogen (secondary N) is 1. The molecule has 5 heteroatoms. The fourth-order valence-corrected chi connectivity index (χ4v) is 2.31. The number of hydrogen-bond donors (Lipinski definition) is 2. The lowest BCUT2D eigenvalue weighted by molar-refractivity contribution is -0.116. The van der Waals surface area contributed by atoms with E-state index in [0.717, 1.165) is 11.1 Å². The molecule has 0 saturated heterocycles. The smallest absolute Gasteiger partial charge is 0.224 e. The van der Waals surface area contributed by atoms with E-state index < -0.39 is 0 Å². The second-order valence-corrected chi connectivity index (χ2v) is 5.09. The van der Waals surface area contributed by atoms with E-state index in [9.17, 15) is 9.90 Å². The van der Waals surface area contributed by atoms with E-state index in [0.29, 0.717) is 30.0 Å². The summed E-state index contributed by atoms with van der Waals surface area (Å²) in [6.07, 6.45) is 0.789. The zero-order valence-electron chi connectivity index (χ0n) is 12.2. The Kier molecular flexibility index (Phi) is 3.78. The maximum atomic E-state index is 12.0.